The van der Waals surface area contributed by atoms with Crippen LogP contribution < -0.4 is 10.6 Å². The summed E-state index contributed by atoms with van der Waals surface area (Å²) in [4.78, 5) is 24.9. The molecule has 1 heterocycles. The Morgan fingerprint density at radius 2 is 1.07 bits per heavy atom. The number of hydrogen-bond acceptors (Lipinski definition) is 5. The van der Waals surface area contributed by atoms with E-state index in [9.17, 15) is 18.9 Å². The monoisotopic (exact) mass is 438 g/mol. The van der Waals surface area contributed by atoms with Gasteiger partial charge in [-0.25, -0.2) is 0 Å². The molecule has 0 aliphatic carbocycles. The standard InChI is InChI=1S/C20H28N2O5P2/c23-28(24,19-7-3-1-4-8-19)17-21-11-12-22(14-16-27-15-13-21)18-29(25,26)20-9-5-2-6-10-20/h1-10H,11-18H2,(H,23,24)(H,25,26). The van der Waals surface area contributed by atoms with Crippen molar-refractivity contribution >= 4 is 25.3 Å². The van der Waals surface area contributed by atoms with Gasteiger partial charge in [-0.1, -0.05) is 36.4 Å². The van der Waals surface area contributed by atoms with Crippen molar-refractivity contribution in [1.82, 2.24) is 9.80 Å². The smallest absolute Gasteiger partial charge is 0.243 e. The summed E-state index contributed by atoms with van der Waals surface area (Å²) < 4.78 is 31.3. The average molecular weight is 438 g/mol. The van der Waals surface area contributed by atoms with Gasteiger partial charge in [0, 0.05) is 36.8 Å². The molecule has 1 fully saturated rings. The van der Waals surface area contributed by atoms with E-state index in [0.29, 0.717) is 50.0 Å². The van der Waals surface area contributed by atoms with Crippen molar-refractivity contribution in [2.75, 3.05) is 52.0 Å². The second-order valence-corrected chi connectivity index (χ2v) is 11.6. The fourth-order valence-electron chi connectivity index (χ4n) is 3.31. The highest BCUT2D eigenvalue weighted by molar-refractivity contribution is 7.66. The van der Waals surface area contributed by atoms with Crippen LogP contribution in [0.5, 0.6) is 0 Å². The van der Waals surface area contributed by atoms with Gasteiger partial charge in [0.25, 0.3) is 0 Å². The molecule has 0 spiro atoms. The summed E-state index contributed by atoms with van der Waals surface area (Å²) in [7, 11) is -7.04. The molecule has 0 bridgehead atoms. The van der Waals surface area contributed by atoms with Crippen molar-refractivity contribution in [2.45, 2.75) is 0 Å². The third-order valence-electron chi connectivity index (χ3n) is 4.94. The molecule has 2 aromatic rings. The van der Waals surface area contributed by atoms with Gasteiger partial charge in [0.2, 0.25) is 14.7 Å². The van der Waals surface area contributed by atoms with E-state index in [1.807, 2.05) is 21.9 Å². The van der Waals surface area contributed by atoms with Gasteiger partial charge in [-0.3, -0.25) is 18.9 Å². The van der Waals surface area contributed by atoms with Crippen LogP contribution in [0.2, 0.25) is 0 Å². The van der Waals surface area contributed by atoms with E-state index in [2.05, 4.69) is 0 Å². The summed E-state index contributed by atoms with van der Waals surface area (Å²) in [5.41, 5.74) is 0. The maximum Gasteiger partial charge on any atom is 0.243 e. The normalized spacial score (nSPS) is 21.3. The van der Waals surface area contributed by atoms with Gasteiger partial charge in [0.1, 0.15) is 0 Å². The van der Waals surface area contributed by atoms with Crippen molar-refractivity contribution < 1.29 is 23.7 Å². The molecule has 9 heteroatoms. The third kappa shape index (κ3) is 6.59. The molecule has 2 unspecified atom stereocenters. The number of rotatable bonds is 6. The zero-order valence-corrected chi connectivity index (χ0v) is 18.1. The quantitative estimate of drug-likeness (QED) is 0.664. The Bertz CT molecular complexity index is 794. The first-order valence-electron chi connectivity index (χ1n) is 9.64. The molecule has 0 saturated carbocycles. The Kier molecular flexibility index (Phi) is 7.83. The molecule has 158 valence electrons. The van der Waals surface area contributed by atoms with E-state index < -0.39 is 14.7 Å². The van der Waals surface area contributed by atoms with Crippen molar-refractivity contribution in [3.8, 4) is 0 Å². The third-order valence-corrected chi connectivity index (χ3v) is 8.72. The minimum absolute atomic E-state index is 0.0314. The minimum Gasteiger partial charge on any atom is -0.379 e. The minimum atomic E-state index is -3.52. The Morgan fingerprint density at radius 3 is 1.45 bits per heavy atom. The van der Waals surface area contributed by atoms with Gasteiger partial charge >= 0.3 is 0 Å². The van der Waals surface area contributed by atoms with Gasteiger partial charge in [0.15, 0.2) is 0 Å². The van der Waals surface area contributed by atoms with E-state index in [1.54, 1.807) is 48.5 Å². The van der Waals surface area contributed by atoms with Crippen LogP contribution in [0.3, 0.4) is 0 Å². The number of hydrogen-bond donors (Lipinski definition) is 2. The molecule has 0 aromatic heterocycles. The number of benzene rings is 2. The van der Waals surface area contributed by atoms with E-state index in [1.165, 1.54) is 0 Å². The topological polar surface area (TPSA) is 90.3 Å². The Hall–Kier alpha value is -1.30. The summed E-state index contributed by atoms with van der Waals surface area (Å²) in [5, 5.41) is 0.864. The molecule has 0 amide bonds. The summed E-state index contributed by atoms with van der Waals surface area (Å²) in [6.07, 6.45) is 0.0629. The van der Waals surface area contributed by atoms with Gasteiger partial charge < -0.3 is 14.5 Å². The summed E-state index contributed by atoms with van der Waals surface area (Å²) in [6.45, 7) is 3.04. The molecule has 3 rings (SSSR count). The Morgan fingerprint density at radius 1 is 0.690 bits per heavy atom. The van der Waals surface area contributed by atoms with Crippen LogP contribution in [-0.4, -0.2) is 71.6 Å². The van der Waals surface area contributed by atoms with Crippen molar-refractivity contribution in [3.63, 3.8) is 0 Å². The predicted octanol–water partition coefficient (Wildman–Crippen LogP) is 1.73. The van der Waals surface area contributed by atoms with Crippen LogP contribution in [0.25, 0.3) is 0 Å². The van der Waals surface area contributed by atoms with E-state index >= 15 is 0 Å². The molecule has 2 N–H and O–H groups in total. The second-order valence-electron chi connectivity index (χ2n) is 7.21. The second kappa shape index (κ2) is 10.1. The van der Waals surface area contributed by atoms with Crippen molar-refractivity contribution in [1.29, 1.82) is 0 Å². The maximum atomic E-state index is 12.8. The van der Waals surface area contributed by atoms with E-state index in [0.717, 1.165) is 0 Å². The zero-order valence-electron chi connectivity index (χ0n) is 16.3. The zero-order chi connectivity index (χ0) is 20.7. The molecule has 1 aliphatic heterocycles. The molecule has 1 aliphatic rings. The fraction of sp³-hybridized carbons (Fsp3) is 0.400. The SMILES string of the molecule is O=P(O)(CN1CCOCCN(CP(=O)(O)c2ccccc2)CC1)c1ccccc1. The lowest BCUT2D eigenvalue weighted by atomic mass is 10.4. The van der Waals surface area contributed by atoms with Gasteiger partial charge in [-0.15, -0.1) is 0 Å². The fourth-order valence-corrected chi connectivity index (χ4v) is 6.56. The molecule has 7 nitrogen and oxygen atoms in total. The van der Waals surface area contributed by atoms with Crippen LogP contribution in [-0.2, 0) is 13.9 Å². The highest BCUT2D eigenvalue weighted by atomic mass is 31.2. The lowest BCUT2D eigenvalue weighted by molar-refractivity contribution is 0.110. The lowest BCUT2D eigenvalue weighted by Crippen LogP contribution is -2.38. The van der Waals surface area contributed by atoms with Gasteiger partial charge in [-0.2, -0.15) is 0 Å². The van der Waals surface area contributed by atoms with Crippen LogP contribution in [0, 0.1) is 0 Å². The molecule has 2 aromatic carbocycles. The van der Waals surface area contributed by atoms with Crippen LogP contribution in [0.15, 0.2) is 60.7 Å². The largest absolute Gasteiger partial charge is 0.379 e. The molecule has 1 saturated heterocycles. The number of nitrogens with zero attached hydrogens (tertiary/aromatic N) is 2. The molecule has 29 heavy (non-hydrogen) atoms. The Balaban J connectivity index is 1.65. The highest BCUT2D eigenvalue weighted by Crippen LogP contribution is 2.41. The molecule has 2 atom stereocenters. The number of ether oxygens (including phenoxy) is 1. The summed E-state index contributed by atoms with van der Waals surface area (Å²) in [5.74, 6) is 0. The predicted molar refractivity (Wildman–Crippen MR) is 116 cm³/mol. The van der Waals surface area contributed by atoms with Gasteiger partial charge in [0.05, 0.1) is 25.8 Å². The first-order valence-corrected chi connectivity index (χ1v) is 13.3. The van der Waals surface area contributed by atoms with Crippen molar-refractivity contribution in [3.05, 3.63) is 60.7 Å². The summed E-state index contributed by atoms with van der Waals surface area (Å²) >= 11 is 0. The first-order chi connectivity index (χ1) is 13.9. The Labute approximate surface area is 171 Å². The van der Waals surface area contributed by atoms with Gasteiger partial charge in [-0.05, 0) is 24.3 Å². The average Bonchev–Trinajstić information content (AvgIpc) is 2.82. The highest BCUT2D eigenvalue weighted by Gasteiger charge is 2.28. The molecular weight excluding hydrogens is 410 g/mol. The summed E-state index contributed by atoms with van der Waals surface area (Å²) in [6, 6.07) is 17.3. The molecular formula is C20H28N2O5P2. The van der Waals surface area contributed by atoms with E-state index in [-0.39, 0.29) is 12.6 Å². The maximum absolute atomic E-state index is 12.8. The lowest BCUT2D eigenvalue weighted by Gasteiger charge is -2.28. The molecule has 0 radical (unpaired) electrons. The van der Waals surface area contributed by atoms with Crippen LogP contribution in [0.4, 0.5) is 0 Å². The van der Waals surface area contributed by atoms with Crippen LogP contribution in [0.1, 0.15) is 0 Å². The van der Waals surface area contributed by atoms with Crippen LogP contribution >= 0.6 is 14.7 Å². The van der Waals surface area contributed by atoms with E-state index in [4.69, 9.17) is 4.74 Å². The first kappa shape index (κ1) is 22.4. The van der Waals surface area contributed by atoms with Crippen molar-refractivity contribution in [2.24, 2.45) is 0 Å².